The van der Waals surface area contributed by atoms with Gasteiger partial charge in [0.15, 0.2) is 0 Å². The van der Waals surface area contributed by atoms with Crippen LogP contribution in [0.15, 0.2) is 0 Å². The zero-order chi connectivity index (χ0) is 15.0. The fraction of sp³-hybridized carbons (Fsp3) is 0.857. The molecule has 20 heavy (non-hydrogen) atoms. The first-order valence-corrected chi connectivity index (χ1v) is 7.43. The van der Waals surface area contributed by atoms with Gasteiger partial charge in [0.05, 0.1) is 13.0 Å². The molecule has 6 heteroatoms. The molecule has 1 aliphatic heterocycles. The Morgan fingerprint density at radius 3 is 2.40 bits per heavy atom. The van der Waals surface area contributed by atoms with Crippen molar-refractivity contribution in [3.63, 3.8) is 0 Å². The summed E-state index contributed by atoms with van der Waals surface area (Å²) in [6, 6.07) is -0.0847. The van der Waals surface area contributed by atoms with Crippen molar-refractivity contribution in [3.05, 3.63) is 0 Å². The number of piperazine rings is 1. The van der Waals surface area contributed by atoms with Crippen molar-refractivity contribution in [2.75, 3.05) is 45.9 Å². The number of urea groups is 1. The second-order valence-electron chi connectivity index (χ2n) is 5.47. The summed E-state index contributed by atoms with van der Waals surface area (Å²) < 4.78 is 4.81. The van der Waals surface area contributed by atoms with Crippen LogP contribution in [-0.2, 0) is 9.53 Å². The predicted octanol–water partition coefficient (Wildman–Crippen LogP) is 0.923. The molecular formula is C14H27N3O3. The summed E-state index contributed by atoms with van der Waals surface area (Å²) in [5.41, 5.74) is 0. The zero-order valence-electron chi connectivity index (χ0n) is 12.9. The van der Waals surface area contributed by atoms with Crippen LogP contribution >= 0.6 is 0 Å². The van der Waals surface area contributed by atoms with E-state index >= 15 is 0 Å². The van der Waals surface area contributed by atoms with Gasteiger partial charge in [0.1, 0.15) is 0 Å². The Labute approximate surface area is 121 Å². The number of esters is 1. The number of hydrogen-bond acceptors (Lipinski definition) is 4. The topological polar surface area (TPSA) is 61.9 Å². The lowest BCUT2D eigenvalue weighted by Crippen LogP contribution is -2.52. The molecule has 0 unspecified atom stereocenters. The first kappa shape index (κ1) is 16.8. The Morgan fingerprint density at radius 1 is 1.20 bits per heavy atom. The van der Waals surface area contributed by atoms with Crippen molar-refractivity contribution in [1.29, 1.82) is 0 Å². The Bertz CT molecular complexity index is 313. The fourth-order valence-corrected chi connectivity index (χ4v) is 2.27. The smallest absolute Gasteiger partial charge is 0.317 e. The summed E-state index contributed by atoms with van der Waals surface area (Å²) in [5, 5.41) is 2.76. The first-order chi connectivity index (χ1) is 9.52. The van der Waals surface area contributed by atoms with Gasteiger partial charge in [-0.25, -0.2) is 4.79 Å². The van der Waals surface area contributed by atoms with Gasteiger partial charge in [-0.15, -0.1) is 0 Å². The fourth-order valence-electron chi connectivity index (χ4n) is 2.27. The highest BCUT2D eigenvalue weighted by atomic mass is 16.5. The summed E-state index contributed by atoms with van der Waals surface area (Å²) in [4.78, 5) is 27.3. The van der Waals surface area contributed by atoms with Crippen molar-refractivity contribution < 1.29 is 14.3 Å². The minimum atomic E-state index is -0.269. The Balaban J connectivity index is 2.17. The average Bonchev–Trinajstić information content (AvgIpc) is 2.39. The normalized spacial score (nSPS) is 16.3. The van der Waals surface area contributed by atoms with Gasteiger partial charge in [-0.2, -0.15) is 0 Å². The number of rotatable bonds is 6. The number of carbonyl (C=O) groups excluding carboxylic acids is 2. The number of nitrogens with one attached hydrogen (secondary N) is 1. The molecule has 1 N–H and O–H groups in total. The van der Waals surface area contributed by atoms with Crippen LogP contribution in [0.3, 0.4) is 0 Å². The van der Waals surface area contributed by atoms with E-state index in [1.165, 1.54) is 0 Å². The molecule has 1 aliphatic rings. The van der Waals surface area contributed by atoms with Crippen LogP contribution in [0.25, 0.3) is 0 Å². The molecule has 0 saturated carbocycles. The van der Waals surface area contributed by atoms with Crippen LogP contribution in [0.1, 0.15) is 27.2 Å². The SMILES string of the molecule is CCOC(=O)CCNC(=O)N1CCN(CC(C)C)CC1. The molecule has 0 bridgehead atoms. The molecular weight excluding hydrogens is 258 g/mol. The van der Waals surface area contributed by atoms with Gasteiger partial charge in [0.25, 0.3) is 0 Å². The molecule has 2 amide bonds. The van der Waals surface area contributed by atoms with Crippen molar-refractivity contribution in [1.82, 2.24) is 15.1 Å². The summed E-state index contributed by atoms with van der Waals surface area (Å²) in [5.74, 6) is 0.384. The Kier molecular flexibility index (Phi) is 7.36. The molecule has 6 nitrogen and oxygen atoms in total. The highest BCUT2D eigenvalue weighted by Crippen LogP contribution is 2.05. The van der Waals surface area contributed by atoms with Crippen LogP contribution in [0.4, 0.5) is 4.79 Å². The predicted molar refractivity (Wildman–Crippen MR) is 77.5 cm³/mol. The lowest BCUT2D eigenvalue weighted by Gasteiger charge is -2.35. The largest absolute Gasteiger partial charge is 0.466 e. The number of carbonyl (C=O) groups is 2. The number of hydrogen-bond donors (Lipinski definition) is 1. The maximum atomic E-state index is 11.9. The van der Waals surface area contributed by atoms with Gasteiger partial charge in [-0.1, -0.05) is 13.8 Å². The summed E-state index contributed by atoms with van der Waals surface area (Å²) >= 11 is 0. The van der Waals surface area contributed by atoms with E-state index in [9.17, 15) is 9.59 Å². The molecule has 116 valence electrons. The molecule has 0 radical (unpaired) electrons. The van der Waals surface area contributed by atoms with Gasteiger partial charge in [-0.3, -0.25) is 9.69 Å². The summed E-state index contributed by atoms with van der Waals surface area (Å²) in [6.45, 7) is 11.3. The molecule has 1 saturated heterocycles. The monoisotopic (exact) mass is 285 g/mol. The van der Waals surface area contributed by atoms with Crippen LogP contribution < -0.4 is 5.32 Å². The summed E-state index contributed by atoms with van der Waals surface area (Å²) in [6.07, 6.45) is 0.229. The number of amides is 2. The standard InChI is InChI=1S/C14H27N3O3/c1-4-20-13(18)5-6-15-14(19)17-9-7-16(8-10-17)11-12(2)3/h12H,4-11H2,1-3H3,(H,15,19). The molecule has 0 aromatic heterocycles. The molecule has 0 spiro atoms. The first-order valence-electron chi connectivity index (χ1n) is 7.43. The molecule has 0 aliphatic carbocycles. The molecule has 1 fully saturated rings. The Morgan fingerprint density at radius 2 is 1.85 bits per heavy atom. The van der Waals surface area contributed by atoms with Gasteiger partial charge < -0.3 is 15.0 Å². The summed E-state index contributed by atoms with van der Waals surface area (Å²) in [7, 11) is 0. The molecule has 0 aromatic carbocycles. The highest BCUT2D eigenvalue weighted by Gasteiger charge is 2.21. The highest BCUT2D eigenvalue weighted by molar-refractivity contribution is 5.75. The molecule has 0 atom stereocenters. The molecule has 1 heterocycles. The van der Waals surface area contributed by atoms with E-state index in [0.29, 0.717) is 19.1 Å². The minimum absolute atomic E-state index is 0.0847. The maximum Gasteiger partial charge on any atom is 0.317 e. The van der Waals surface area contributed by atoms with E-state index in [1.807, 2.05) is 4.90 Å². The third-order valence-electron chi connectivity index (χ3n) is 3.19. The molecule has 1 rings (SSSR count). The van der Waals surface area contributed by atoms with Crippen molar-refractivity contribution in [2.45, 2.75) is 27.2 Å². The maximum absolute atomic E-state index is 11.9. The second-order valence-corrected chi connectivity index (χ2v) is 5.47. The lowest BCUT2D eigenvalue weighted by molar-refractivity contribution is -0.142. The lowest BCUT2D eigenvalue weighted by atomic mass is 10.2. The second kappa shape index (κ2) is 8.79. The number of nitrogens with zero attached hydrogens (tertiary/aromatic N) is 2. The van der Waals surface area contributed by atoms with E-state index in [2.05, 4.69) is 24.1 Å². The van der Waals surface area contributed by atoms with E-state index < -0.39 is 0 Å². The number of ether oxygens (including phenoxy) is 1. The van der Waals surface area contributed by atoms with Gasteiger partial charge >= 0.3 is 12.0 Å². The van der Waals surface area contributed by atoms with E-state index in [-0.39, 0.29) is 18.4 Å². The van der Waals surface area contributed by atoms with E-state index in [0.717, 1.165) is 32.7 Å². The minimum Gasteiger partial charge on any atom is -0.466 e. The average molecular weight is 285 g/mol. The van der Waals surface area contributed by atoms with E-state index in [1.54, 1.807) is 6.92 Å². The van der Waals surface area contributed by atoms with Crippen molar-refractivity contribution >= 4 is 12.0 Å². The Hall–Kier alpha value is -1.30. The van der Waals surface area contributed by atoms with Crippen LogP contribution in [0.2, 0.25) is 0 Å². The van der Waals surface area contributed by atoms with Crippen molar-refractivity contribution in [2.24, 2.45) is 5.92 Å². The van der Waals surface area contributed by atoms with Crippen LogP contribution in [0.5, 0.6) is 0 Å². The van der Waals surface area contributed by atoms with Crippen molar-refractivity contribution in [3.8, 4) is 0 Å². The van der Waals surface area contributed by atoms with E-state index in [4.69, 9.17) is 4.74 Å². The zero-order valence-corrected chi connectivity index (χ0v) is 12.9. The van der Waals surface area contributed by atoms with Gasteiger partial charge in [-0.05, 0) is 12.8 Å². The van der Waals surface area contributed by atoms with Crippen LogP contribution in [0, 0.1) is 5.92 Å². The van der Waals surface area contributed by atoms with Gasteiger partial charge in [0, 0.05) is 39.3 Å². The quantitative estimate of drug-likeness (QED) is 0.737. The van der Waals surface area contributed by atoms with Gasteiger partial charge in [0.2, 0.25) is 0 Å². The third kappa shape index (κ3) is 6.23. The van der Waals surface area contributed by atoms with Crippen LogP contribution in [-0.4, -0.2) is 67.7 Å². The molecule has 0 aromatic rings. The third-order valence-corrected chi connectivity index (χ3v) is 3.19.